The van der Waals surface area contributed by atoms with Crippen molar-refractivity contribution in [2.45, 2.75) is 25.0 Å². The van der Waals surface area contributed by atoms with Gasteiger partial charge in [0.1, 0.15) is 5.15 Å². The van der Waals surface area contributed by atoms with Gasteiger partial charge in [-0.25, -0.2) is 4.98 Å². The summed E-state index contributed by atoms with van der Waals surface area (Å²) in [6, 6.07) is 7.35. The van der Waals surface area contributed by atoms with E-state index in [-0.39, 0.29) is 11.1 Å². The lowest BCUT2D eigenvalue weighted by atomic mass is 9.91. The predicted octanol–water partition coefficient (Wildman–Crippen LogP) is 2.75. The summed E-state index contributed by atoms with van der Waals surface area (Å²) in [4.78, 5) is 22.5. The van der Waals surface area contributed by atoms with Gasteiger partial charge in [-0.3, -0.25) is 9.78 Å². The molecule has 0 unspecified atom stereocenters. The van der Waals surface area contributed by atoms with Crippen LogP contribution in [0.3, 0.4) is 0 Å². The number of rotatable bonds is 3. The highest BCUT2D eigenvalue weighted by Gasteiger charge is 2.35. The molecule has 3 aromatic rings. The van der Waals surface area contributed by atoms with Gasteiger partial charge in [-0.1, -0.05) is 11.6 Å². The number of fused-ring (bicyclic) bond motifs is 1. The maximum Gasteiger partial charge on any atom is 0.256 e. The van der Waals surface area contributed by atoms with E-state index < -0.39 is 5.60 Å². The molecule has 0 radical (unpaired) electrons. The molecule has 1 fully saturated rings. The first-order valence-corrected chi connectivity index (χ1v) is 8.95. The standard InChI is InChI=1S/C19H19ClN4O2/c20-17-15(2-1-7-22-17)18(25)23-10-5-19(26,6-11-23)13-24-9-4-14-3-8-21-12-16(14)24/h1-4,7-9,12,26H,5-6,10-11,13H2. The second kappa shape index (κ2) is 6.70. The fourth-order valence-corrected chi connectivity index (χ4v) is 3.68. The van der Waals surface area contributed by atoms with Crippen molar-refractivity contribution in [1.29, 1.82) is 0 Å². The van der Waals surface area contributed by atoms with Crippen molar-refractivity contribution in [3.05, 3.63) is 59.8 Å². The Morgan fingerprint density at radius 3 is 2.81 bits per heavy atom. The zero-order chi connectivity index (χ0) is 18.1. The van der Waals surface area contributed by atoms with E-state index >= 15 is 0 Å². The van der Waals surface area contributed by atoms with Gasteiger partial charge in [0.2, 0.25) is 0 Å². The van der Waals surface area contributed by atoms with Gasteiger partial charge in [0.15, 0.2) is 0 Å². The quantitative estimate of drug-likeness (QED) is 0.719. The highest BCUT2D eigenvalue weighted by molar-refractivity contribution is 6.32. The van der Waals surface area contributed by atoms with Crippen LogP contribution in [0.2, 0.25) is 5.15 Å². The number of carbonyl (C=O) groups is 1. The maximum absolute atomic E-state index is 12.6. The minimum Gasteiger partial charge on any atom is -0.388 e. The first kappa shape index (κ1) is 17.0. The van der Waals surface area contributed by atoms with E-state index in [2.05, 4.69) is 9.97 Å². The molecule has 1 aliphatic heterocycles. The molecule has 0 spiro atoms. The first-order valence-electron chi connectivity index (χ1n) is 8.57. The van der Waals surface area contributed by atoms with Crippen molar-refractivity contribution in [1.82, 2.24) is 19.4 Å². The van der Waals surface area contributed by atoms with Crippen molar-refractivity contribution >= 4 is 28.4 Å². The Hall–Kier alpha value is -2.44. The molecule has 0 aliphatic carbocycles. The summed E-state index contributed by atoms with van der Waals surface area (Å²) in [5.41, 5.74) is 0.556. The van der Waals surface area contributed by atoms with E-state index in [0.717, 1.165) is 10.9 Å². The van der Waals surface area contributed by atoms with Crippen LogP contribution >= 0.6 is 11.6 Å². The molecule has 1 aliphatic rings. The van der Waals surface area contributed by atoms with Gasteiger partial charge in [-0.15, -0.1) is 0 Å². The molecule has 134 valence electrons. The van der Waals surface area contributed by atoms with Gasteiger partial charge in [0.25, 0.3) is 5.91 Å². The second-order valence-corrected chi connectivity index (χ2v) is 7.09. The average molecular weight is 371 g/mol. The van der Waals surface area contributed by atoms with E-state index in [1.54, 1.807) is 29.4 Å². The molecular formula is C19H19ClN4O2. The van der Waals surface area contributed by atoms with Crippen LogP contribution in [-0.4, -0.2) is 49.1 Å². The predicted molar refractivity (Wildman–Crippen MR) is 99.1 cm³/mol. The number of piperidine rings is 1. The third-order valence-electron chi connectivity index (χ3n) is 5.01. The van der Waals surface area contributed by atoms with Gasteiger partial charge in [0.05, 0.1) is 29.4 Å². The Kier molecular flexibility index (Phi) is 4.38. The molecule has 3 aromatic heterocycles. The summed E-state index contributed by atoms with van der Waals surface area (Å²) in [6.07, 6.45) is 8.12. The topological polar surface area (TPSA) is 71.2 Å². The normalized spacial score (nSPS) is 16.8. The zero-order valence-electron chi connectivity index (χ0n) is 14.2. The number of aliphatic hydroxyl groups is 1. The Morgan fingerprint density at radius 2 is 2.04 bits per heavy atom. The van der Waals surface area contributed by atoms with Crippen molar-refractivity contribution in [3.8, 4) is 0 Å². The van der Waals surface area contributed by atoms with Crippen LogP contribution in [0.25, 0.3) is 10.9 Å². The van der Waals surface area contributed by atoms with Crippen molar-refractivity contribution in [3.63, 3.8) is 0 Å². The van der Waals surface area contributed by atoms with Crippen LogP contribution in [0.1, 0.15) is 23.2 Å². The van der Waals surface area contributed by atoms with Crippen LogP contribution in [0.15, 0.2) is 49.1 Å². The van der Waals surface area contributed by atoms with Gasteiger partial charge in [-0.2, -0.15) is 0 Å². The van der Waals surface area contributed by atoms with Crippen LogP contribution in [0.4, 0.5) is 0 Å². The number of pyridine rings is 2. The first-order chi connectivity index (χ1) is 12.6. The number of halogens is 1. The lowest BCUT2D eigenvalue weighted by Crippen LogP contribution is -2.48. The SMILES string of the molecule is O=C(c1cccnc1Cl)N1CCC(O)(Cn2ccc3ccncc32)CC1. The highest BCUT2D eigenvalue weighted by atomic mass is 35.5. The molecule has 26 heavy (non-hydrogen) atoms. The van der Waals surface area contributed by atoms with Crippen LogP contribution in [0, 0.1) is 0 Å². The van der Waals surface area contributed by atoms with Gasteiger partial charge >= 0.3 is 0 Å². The molecule has 0 bridgehead atoms. The van der Waals surface area contributed by atoms with Crippen LogP contribution < -0.4 is 0 Å². The summed E-state index contributed by atoms with van der Waals surface area (Å²) < 4.78 is 2.03. The molecule has 6 nitrogen and oxygen atoms in total. The zero-order valence-corrected chi connectivity index (χ0v) is 14.9. The number of amides is 1. The number of nitrogens with zero attached hydrogens (tertiary/aromatic N) is 4. The summed E-state index contributed by atoms with van der Waals surface area (Å²) >= 11 is 6.03. The minimum atomic E-state index is -0.850. The molecular weight excluding hydrogens is 352 g/mol. The monoisotopic (exact) mass is 370 g/mol. The number of hydrogen-bond acceptors (Lipinski definition) is 4. The van der Waals surface area contributed by atoms with E-state index in [4.69, 9.17) is 11.6 Å². The van der Waals surface area contributed by atoms with Crippen molar-refractivity contribution in [2.24, 2.45) is 0 Å². The third-order valence-corrected chi connectivity index (χ3v) is 5.31. The molecule has 4 heterocycles. The molecule has 1 N–H and O–H groups in total. The van der Waals surface area contributed by atoms with E-state index in [1.807, 2.05) is 29.1 Å². The summed E-state index contributed by atoms with van der Waals surface area (Å²) in [7, 11) is 0. The van der Waals surface area contributed by atoms with Gasteiger partial charge < -0.3 is 14.6 Å². The Morgan fingerprint density at radius 1 is 1.23 bits per heavy atom. The lowest BCUT2D eigenvalue weighted by molar-refractivity contribution is -0.0283. The van der Waals surface area contributed by atoms with Crippen molar-refractivity contribution < 1.29 is 9.90 Å². The molecule has 0 atom stereocenters. The van der Waals surface area contributed by atoms with Crippen LogP contribution in [-0.2, 0) is 6.54 Å². The fraction of sp³-hybridized carbons (Fsp3) is 0.316. The third kappa shape index (κ3) is 3.18. The molecule has 0 aromatic carbocycles. The Balaban J connectivity index is 1.45. The largest absolute Gasteiger partial charge is 0.388 e. The molecule has 0 saturated carbocycles. The number of hydrogen-bond donors (Lipinski definition) is 1. The average Bonchev–Trinajstić information content (AvgIpc) is 3.05. The van der Waals surface area contributed by atoms with E-state index in [9.17, 15) is 9.90 Å². The van der Waals surface area contributed by atoms with Crippen molar-refractivity contribution in [2.75, 3.05) is 13.1 Å². The van der Waals surface area contributed by atoms with E-state index in [1.165, 1.54) is 0 Å². The molecule has 4 rings (SSSR count). The lowest BCUT2D eigenvalue weighted by Gasteiger charge is -2.38. The Labute approximate surface area is 156 Å². The maximum atomic E-state index is 12.6. The van der Waals surface area contributed by atoms with Gasteiger partial charge in [0, 0.05) is 37.1 Å². The number of aromatic nitrogens is 3. The fourth-order valence-electron chi connectivity index (χ4n) is 3.48. The Bertz CT molecular complexity index is 947. The smallest absolute Gasteiger partial charge is 0.256 e. The summed E-state index contributed by atoms with van der Waals surface area (Å²) in [5.74, 6) is -0.138. The molecule has 1 amide bonds. The summed E-state index contributed by atoms with van der Waals surface area (Å²) in [5, 5.41) is 12.3. The number of likely N-dealkylation sites (tertiary alicyclic amines) is 1. The molecule has 1 saturated heterocycles. The van der Waals surface area contributed by atoms with E-state index in [0.29, 0.717) is 38.0 Å². The summed E-state index contributed by atoms with van der Waals surface area (Å²) in [6.45, 7) is 1.45. The number of carbonyl (C=O) groups excluding carboxylic acids is 1. The van der Waals surface area contributed by atoms with Gasteiger partial charge in [-0.05, 0) is 37.1 Å². The van der Waals surface area contributed by atoms with Crippen LogP contribution in [0.5, 0.6) is 0 Å². The molecule has 7 heteroatoms. The highest BCUT2D eigenvalue weighted by Crippen LogP contribution is 2.27. The minimum absolute atomic E-state index is 0.138. The second-order valence-electron chi connectivity index (χ2n) is 6.74.